The van der Waals surface area contributed by atoms with Gasteiger partial charge in [-0.15, -0.1) is 0 Å². The highest BCUT2D eigenvalue weighted by atomic mass is 16.2. The fourth-order valence-corrected chi connectivity index (χ4v) is 2.96. The van der Waals surface area contributed by atoms with E-state index in [1.54, 1.807) is 0 Å². The molecular weight excluding hydrogens is 274 g/mol. The number of nitrogens with zero attached hydrogens (tertiary/aromatic N) is 2. The molecule has 1 amide bonds. The Balaban J connectivity index is 1.95. The van der Waals surface area contributed by atoms with E-state index in [-0.39, 0.29) is 18.0 Å². The van der Waals surface area contributed by atoms with Gasteiger partial charge in [-0.2, -0.15) is 0 Å². The van der Waals surface area contributed by atoms with Crippen molar-refractivity contribution in [1.82, 2.24) is 15.1 Å². The van der Waals surface area contributed by atoms with E-state index in [0.29, 0.717) is 0 Å². The van der Waals surface area contributed by atoms with Crippen LogP contribution >= 0.6 is 0 Å². The van der Waals surface area contributed by atoms with E-state index in [9.17, 15) is 4.79 Å². The Hall–Kier alpha value is -1.39. The van der Waals surface area contributed by atoms with Crippen LogP contribution in [0.2, 0.25) is 0 Å². The summed E-state index contributed by atoms with van der Waals surface area (Å²) in [6.07, 6.45) is 2.04. The predicted molar refractivity (Wildman–Crippen MR) is 90.8 cm³/mol. The topological polar surface area (TPSA) is 35.6 Å². The lowest BCUT2D eigenvalue weighted by atomic mass is 10.0. The van der Waals surface area contributed by atoms with Crippen LogP contribution in [0.4, 0.5) is 0 Å². The molecule has 0 aliphatic carbocycles. The van der Waals surface area contributed by atoms with E-state index >= 15 is 0 Å². The largest absolute Gasteiger partial charge is 0.348 e. The molecule has 2 rings (SSSR count). The maximum absolute atomic E-state index is 12.6. The highest BCUT2D eigenvalue weighted by molar-refractivity contribution is 5.81. The molecule has 1 aliphatic heterocycles. The number of rotatable bonds is 6. The standard InChI is InChI=1S/C18H29N3O/c1-4-8-17(16-9-6-5-7-10-16)19-18(22)15(2)21-13-11-20(3)12-14-21/h5-7,9-10,15,17H,4,8,11-14H2,1-3H3,(H,19,22)/t15-,17-/m0/s1. The molecule has 0 radical (unpaired) electrons. The number of carbonyl (C=O) groups excluding carboxylic acids is 1. The van der Waals surface area contributed by atoms with Crippen LogP contribution in [0.25, 0.3) is 0 Å². The third kappa shape index (κ3) is 4.55. The van der Waals surface area contributed by atoms with E-state index in [1.807, 2.05) is 25.1 Å². The van der Waals surface area contributed by atoms with Crippen molar-refractivity contribution in [3.63, 3.8) is 0 Å². The maximum atomic E-state index is 12.6. The highest BCUT2D eigenvalue weighted by Crippen LogP contribution is 2.18. The summed E-state index contributed by atoms with van der Waals surface area (Å²) in [4.78, 5) is 17.2. The number of likely N-dealkylation sites (N-methyl/N-ethyl adjacent to an activating group) is 1. The van der Waals surface area contributed by atoms with Crippen molar-refractivity contribution in [3.05, 3.63) is 35.9 Å². The van der Waals surface area contributed by atoms with Gasteiger partial charge in [0.15, 0.2) is 0 Å². The van der Waals surface area contributed by atoms with Crippen molar-refractivity contribution in [2.75, 3.05) is 33.2 Å². The summed E-state index contributed by atoms with van der Waals surface area (Å²) in [5.41, 5.74) is 1.20. The van der Waals surface area contributed by atoms with Crippen LogP contribution in [0.1, 0.15) is 38.3 Å². The SMILES string of the molecule is CCC[C@H](NC(=O)[C@H](C)N1CCN(C)CC1)c1ccccc1. The summed E-state index contributed by atoms with van der Waals surface area (Å²) in [6.45, 7) is 8.19. The Morgan fingerprint density at radius 2 is 1.82 bits per heavy atom. The van der Waals surface area contributed by atoms with E-state index in [1.165, 1.54) is 5.56 Å². The Kier molecular flexibility index (Phi) is 6.40. The van der Waals surface area contributed by atoms with Crippen molar-refractivity contribution in [1.29, 1.82) is 0 Å². The molecule has 1 fully saturated rings. The molecule has 0 saturated carbocycles. The second kappa shape index (κ2) is 8.30. The van der Waals surface area contributed by atoms with Crippen LogP contribution in [-0.4, -0.2) is 55.0 Å². The highest BCUT2D eigenvalue weighted by Gasteiger charge is 2.26. The molecule has 122 valence electrons. The molecule has 4 heteroatoms. The summed E-state index contributed by atoms with van der Waals surface area (Å²) >= 11 is 0. The molecule has 2 atom stereocenters. The third-order valence-electron chi connectivity index (χ3n) is 4.56. The molecule has 1 aliphatic rings. The number of carbonyl (C=O) groups is 1. The van der Waals surface area contributed by atoms with Crippen molar-refractivity contribution in [3.8, 4) is 0 Å². The van der Waals surface area contributed by atoms with E-state index in [4.69, 9.17) is 0 Å². The Labute approximate surface area is 134 Å². The van der Waals surface area contributed by atoms with Gasteiger partial charge in [0.1, 0.15) is 0 Å². The summed E-state index contributed by atoms with van der Waals surface area (Å²) in [7, 11) is 2.13. The van der Waals surface area contributed by atoms with Gasteiger partial charge in [0, 0.05) is 26.2 Å². The molecule has 1 aromatic rings. The minimum Gasteiger partial charge on any atom is -0.348 e. The second-order valence-corrected chi connectivity index (χ2v) is 6.28. The quantitative estimate of drug-likeness (QED) is 0.876. The summed E-state index contributed by atoms with van der Waals surface area (Å²) in [5.74, 6) is 0.145. The van der Waals surface area contributed by atoms with Gasteiger partial charge in [-0.25, -0.2) is 0 Å². The first-order valence-corrected chi connectivity index (χ1v) is 8.39. The van der Waals surface area contributed by atoms with Crippen LogP contribution < -0.4 is 5.32 Å². The number of hydrogen-bond donors (Lipinski definition) is 1. The van der Waals surface area contributed by atoms with Crippen molar-refractivity contribution < 1.29 is 4.79 Å². The van der Waals surface area contributed by atoms with E-state index in [0.717, 1.165) is 39.0 Å². The predicted octanol–water partition coefficient (Wildman–Crippen LogP) is 2.28. The minimum absolute atomic E-state index is 0.0585. The average molecular weight is 303 g/mol. The molecule has 0 bridgehead atoms. The van der Waals surface area contributed by atoms with Crippen LogP contribution in [0, 0.1) is 0 Å². The number of piperazine rings is 1. The number of benzene rings is 1. The molecule has 1 aromatic carbocycles. The van der Waals surface area contributed by atoms with Crippen molar-refractivity contribution >= 4 is 5.91 Å². The van der Waals surface area contributed by atoms with Crippen LogP contribution in [0.3, 0.4) is 0 Å². The van der Waals surface area contributed by atoms with Crippen molar-refractivity contribution in [2.45, 2.75) is 38.8 Å². The van der Waals surface area contributed by atoms with Crippen LogP contribution in [0.15, 0.2) is 30.3 Å². The minimum atomic E-state index is -0.0585. The average Bonchev–Trinajstić information content (AvgIpc) is 2.55. The summed E-state index contributed by atoms with van der Waals surface area (Å²) in [6, 6.07) is 10.3. The van der Waals surface area contributed by atoms with Gasteiger partial charge in [0.2, 0.25) is 5.91 Å². The maximum Gasteiger partial charge on any atom is 0.237 e. The number of hydrogen-bond acceptors (Lipinski definition) is 3. The molecule has 1 heterocycles. The second-order valence-electron chi connectivity index (χ2n) is 6.28. The van der Waals surface area contributed by atoms with Gasteiger partial charge in [0.05, 0.1) is 12.1 Å². The molecule has 0 spiro atoms. The first-order chi connectivity index (χ1) is 10.6. The molecule has 22 heavy (non-hydrogen) atoms. The zero-order valence-electron chi connectivity index (χ0n) is 14.1. The summed E-state index contributed by atoms with van der Waals surface area (Å²) < 4.78 is 0. The lowest BCUT2D eigenvalue weighted by Crippen LogP contribution is -2.53. The Morgan fingerprint density at radius 3 is 2.41 bits per heavy atom. The van der Waals surface area contributed by atoms with Gasteiger partial charge in [0.25, 0.3) is 0 Å². The van der Waals surface area contributed by atoms with Gasteiger partial charge in [-0.1, -0.05) is 43.7 Å². The first kappa shape index (κ1) is 17.0. The fraction of sp³-hybridized carbons (Fsp3) is 0.611. The Morgan fingerprint density at radius 1 is 1.18 bits per heavy atom. The zero-order valence-corrected chi connectivity index (χ0v) is 14.1. The van der Waals surface area contributed by atoms with Crippen LogP contribution in [0.5, 0.6) is 0 Å². The molecule has 0 unspecified atom stereocenters. The first-order valence-electron chi connectivity index (χ1n) is 8.39. The zero-order chi connectivity index (χ0) is 15.9. The van der Waals surface area contributed by atoms with Crippen molar-refractivity contribution in [2.24, 2.45) is 0 Å². The van der Waals surface area contributed by atoms with Crippen LogP contribution in [-0.2, 0) is 4.79 Å². The van der Waals surface area contributed by atoms with Gasteiger partial charge in [-0.05, 0) is 26.0 Å². The third-order valence-corrected chi connectivity index (χ3v) is 4.56. The normalized spacial score (nSPS) is 19.6. The molecule has 1 N–H and O–H groups in total. The Bertz CT molecular complexity index is 455. The molecule has 4 nitrogen and oxygen atoms in total. The van der Waals surface area contributed by atoms with E-state index in [2.05, 4.69) is 41.2 Å². The van der Waals surface area contributed by atoms with Gasteiger partial charge >= 0.3 is 0 Å². The lowest BCUT2D eigenvalue weighted by Gasteiger charge is -2.36. The summed E-state index contributed by atoms with van der Waals surface area (Å²) in [5, 5.41) is 3.25. The number of nitrogens with one attached hydrogen (secondary N) is 1. The van der Waals surface area contributed by atoms with Gasteiger partial charge in [-0.3, -0.25) is 9.69 Å². The van der Waals surface area contributed by atoms with E-state index < -0.39 is 0 Å². The molecule has 0 aromatic heterocycles. The van der Waals surface area contributed by atoms with Gasteiger partial charge < -0.3 is 10.2 Å². The lowest BCUT2D eigenvalue weighted by molar-refractivity contribution is -0.127. The smallest absolute Gasteiger partial charge is 0.237 e. The number of amides is 1. The fourth-order valence-electron chi connectivity index (χ4n) is 2.96. The monoisotopic (exact) mass is 303 g/mol. The molecular formula is C18H29N3O. The molecule has 1 saturated heterocycles.